The zero-order valence-corrected chi connectivity index (χ0v) is 16.1. The summed E-state index contributed by atoms with van der Waals surface area (Å²) in [6.07, 6.45) is 6.56. The number of hydrogen-bond donors (Lipinski definition) is 1. The molecule has 26 heavy (non-hydrogen) atoms. The van der Waals surface area contributed by atoms with Gasteiger partial charge in [0.1, 0.15) is 5.75 Å². The Morgan fingerprint density at radius 3 is 2.08 bits per heavy atom. The molecule has 0 amide bonds. The Morgan fingerprint density at radius 1 is 0.808 bits per heavy atom. The number of hydrogen-bond acceptors (Lipinski definition) is 3. The van der Waals surface area contributed by atoms with Crippen molar-refractivity contribution in [1.82, 2.24) is 4.90 Å². The highest BCUT2D eigenvalue weighted by Crippen LogP contribution is 2.38. The van der Waals surface area contributed by atoms with Crippen LogP contribution < -0.4 is 4.90 Å². The van der Waals surface area contributed by atoms with Crippen LogP contribution in [0.15, 0.2) is 72.0 Å². The fourth-order valence-corrected chi connectivity index (χ4v) is 3.55. The van der Waals surface area contributed by atoms with Gasteiger partial charge in [0.25, 0.3) is 0 Å². The summed E-state index contributed by atoms with van der Waals surface area (Å²) >= 11 is 0. The van der Waals surface area contributed by atoms with Crippen LogP contribution in [-0.2, 0) is 0 Å². The van der Waals surface area contributed by atoms with Crippen LogP contribution in [-0.4, -0.2) is 38.2 Å². The summed E-state index contributed by atoms with van der Waals surface area (Å²) in [6.45, 7) is 0. The van der Waals surface area contributed by atoms with Crippen LogP contribution >= 0.6 is 0 Å². The van der Waals surface area contributed by atoms with Crippen LogP contribution in [0.5, 0.6) is 5.75 Å². The van der Waals surface area contributed by atoms with E-state index >= 15 is 0 Å². The topological polar surface area (TPSA) is 26.7 Å². The number of aromatic hydroxyl groups is 1. The fraction of sp³-hybridized carbons (Fsp3) is 0.304. The zero-order chi connectivity index (χ0) is 18.7. The van der Waals surface area contributed by atoms with Gasteiger partial charge in [-0.3, -0.25) is 0 Å². The number of anilines is 1. The molecule has 0 spiro atoms. The molecule has 0 radical (unpaired) electrons. The monoisotopic (exact) mass is 348 g/mol. The number of phenolic OH excluding ortho intramolecular Hbond substituents is 1. The van der Waals surface area contributed by atoms with Crippen molar-refractivity contribution in [2.75, 3.05) is 33.1 Å². The molecule has 1 unspecified atom stereocenters. The Bertz CT molecular complexity index is 816. The number of rotatable bonds is 5. The molecule has 3 nitrogen and oxygen atoms in total. The molecule has 3 rings (SSSR count). The fourth-order valence-electron chi connectivity index (χ4n) is 3.55. The highest BCUT2D eigenvalue weighted by atomic mass is 16.3. The maximum absolute atomic E-state index is 9.99. The van der Waals surface area contributed by atoms with Crippen molar-refractivity contribution < 1.29 is 5.11 Å². The normalized spacial score (nSPS) is 15.1. The van der Waals surface area contributed by atoms with Gasteiger partial charge in [-0.25, -0.2) is 0 Å². The van der Waals surface area contributed by atoms with Gasteiger partial charge >= 0.3 is 0 Å². The van der Waals surface area contributed by atoms with Crippen LogP contribution in [0.4, 0.5) is 5.69 Å². The number of allylic oxidation sites excluding steroid dienone is 4. The third-order valence-electron chi connectivity index (χ3n) is 5.05. The van der Waals surface area contributed by atoms with Crippen LogP contribution in [0.1, 0.15) is 29.9 Å². The predicted molar refractivity (Wildman–Crippen MR) is 110 cm³/mol. The Labute approximate surface area is 156 Å². The standard InChI is InChI=1S/C23H28N2O/c1-24(2)20-12-8-17(9-13-20)23(19-6-5-7-22(26)16-19)18-10-14-21(15-11-18)25(3)4/h5-10,12-14,16,23,26H,11,15H2,1-4H3. The smallest absolute Gasteiger partial charge is 0.115 e. The van der Waals surface area contributed by atoms with Gasteiger partial charge in [0.05, 0.1) is 0 Å². The molecule has 0 bridgehead atoms. The predicted octanol–water partition coefficient (Wildman–Crippen LogP) is 4.76. The van der Waals surface area contributed by atoms with E-state index in [0.717, 1.165) is 18.4 Å². The lowest BCUT2D eigenvalue weighted by Crippen LogP contribution is -2.15. The lowest BCUT2D eigenvalue weighted by atomic mass is 9.81. The van der Waals surface area contributed by atoms with E-state index in [0.29, 0.717) is 5.75 Å². The van der Waals surface area contributed by atoms with E-state index in [2.05, 4.69) is 80.5 Å². The van der Waals surface area contributed by atoms with E-state index < -0.39 is 0 Å². The molecule has 0 heterocycles. The summed E-state index contributed by atoms with van der Waals surface area (Å²) in [7, 11) is 8.30. The highest BCUT2D eigenvalue weighted by molar-refractivity contribution is 5.51. The van der Waals surface area contributed by atoms with Crippen LogP contribution in [0.2, 0.25) is 0 Å². The molecule has 0 saturated carbocycles. The van der Waals surface area contributed by atoms with E-state index in [1.807, 2.05) is 12.1 Å². The second-order valence-corrected chi connectivity index (χ2v) is 7.31. The first-order valence-electron chi connectivity index (χ1n) is 9.09. The lowest BCUT2D eigenvalue weighted by Gasteiger charge is -2.27. The molecule has 3 heteroatoms. The average Bonchev–Trinajstić information content (AvgIpc) is 2.63. The maximum atomic E-state index is 9.99. The van der Waals surface area contributed by atoms with Crippen molar-refractivity contribution in [2.45, 2.75) is 18.8 Å². The summed E-state index contributed by atoms with van der Waals surface area (Å²) in [6, 6.07) is 16.4. The largest absolute Gasteiger partial charge is 0.508 e. The molecular formula is C23H28N2O. The maximum Gasteiger partial charge on any atom is 0.115 e. The average molecular weight is 348 g/mol. The molecule has 0 fully saturated rings. The zero-order valence-electron chi connectivity index (χ0n) is 16.1. The summed E-state index contributed by atoms with van der Waals surface area (Å²) in [5.41, 5.74) is 6.32. The van der Waals surface area contributed by atoms with Gasteiger partial charge in [0, 0.05) is 45.5 Å². The Morgan fingerprint density at radius 2 is 1.54 bits per heavy atom. The molecule has 1 N–H and O–H groups in total. The second-order valence-electron chi connectivity index (χ2n) is 7.31. The first kappa shape index (κ1) is 18.1. The molecule has 0 aromatic heterocycles. The van der Waals surface area contributed by atoms with Crippen LogP contribution in [0, 0.1) is 0 Å². The van der Waals surface area contributed by atoms with Crippen LogP contribution in [0.25, 0.3) is 0 Å². The quantitative estimate of drug-likeness (QED) is 0.844. The second kappa shape index (κ2) is 7.69. The summed E-state index contributed by atoms with van der Waals surface area (Å²) < 4.78 is 0. The van der Waals surface area contributed by atoms with E-state index in [1.54, 1.807) is 6.07 Å². The van der Waals surface area contributed by atoms with Crippen molar-refractivity contribution in [3.8, 4) is 5.75 Å². The molecule has 136 valence electrons. The minimum Gasteiger partial charge on any atom is -0.508 e. The molecule has 1 aliphatic carbocycles. The first-order chi connectivity index (χ1) is 12.5. The summed E-state index contributed by atoms with van der Waals surface area (Å²) in [4.78, 5) is 4.29. The Hall–Kier alpha value is -2.68. The van der Waals surface area contributed by atoms with Crippen LogP contribution in [0.3, 0.4) is 0 Å². The minimum absolute atomic E-state index is 0.165. The van der Waals surface area contributed by atoms with Crippen molar-refractivity contribution in [3.05, 3.63) is 83.1 Å². The minimum atomic E-state index is 0.165. The molecule has 1 atom stereocenters. The third kappa shape index (κ3) is 3.93. The van der Waals surface area contributed by atoms with Gasteiger partial charge in [0.15, 0.2) is 0 Å². The number of benzene rings is 2. The Kier molecular flexibility index (Phi) is 5.36. The van der Waals surface area contributed by atoms with E-state index in [1.165, 1.54) is 22.5 Å². The van der Waals surface area contributed by atoms with Gasteiger partial charge in [-0.2, -0.15) is 0 Å². The van der Waals surface area contributed by atoms with Gasteiger partial charge in [0.2, 0.25) is 0 Å². The number of nitrogens with zero attached hydrogens (tertiary/aromatic N) is 2. The lowest BCUT2D eigenvalue weighted by molar-refractivity contribution is 0.473. The third-order valence-corrected chi connectivity index (χ3v) is 5.05. The van der Waals surface area contributed by atoms with E-state index in [-0.39, 0.29) is 5.92 Å². The molecule has 1 aliphatic rings. The highest BCUT2D eigenvalue weighted by Gasteiger charge is 2.21. The van der Waals surface area contributed by atoms with Crippen molar-refractivity contribution in [2.24, 2.45) is 0 Å². The molecule has 0 saturated heterocycles. The van der Waals surface area contributed by atoms with Crippen molar-refractivity contribution in [3.63, 3.8) is 0 Å². The van der Waals surface area contributed by atoms with E-state index in [4.69, 9.17) is 0 Å². The molecule has 2 aromatic carbocycles. The summed E-state index contributed by atoms with van der Waals surface area (Å²) in [5.74, 6) is 0.483. The molecule has 0 aliphatic heterocycles. The van der Waals surface area contributed by atoms with Crippen molar-refractivity contribution >= 4 is 5.69 Å². The molecular weight excluding hydrogens is 320 g/mol. The van der Waals surface area contributed by atoms with Crippen molar-refractivity contribution in [1.29, 1.82) is 0 Å². The van der Waals surface area contributed by atoms with Gasteiger partial charge in [-0.05, 0) is 54.3 Å². The van der Waals surface area contributed by atoms with E-state index in [9.17, 15) is 5.11 Å². The van der Waals surface area contributed by atoms with Gasteiger partial charge in [-0.1, -0.05) is 35.9 Å². The Balaban J connectivity index is 2.03. The number of phenols is 1. The SMILES string of the molecule is CN(C)C1=CC=C(C(c2ccc(N(C)C)cc2)c2cccc(O)c2)CC1. The van der Waals surface area contributed by atoms with Gasteiger partial charge in [-0.15, -0.1) is 0 Å². The first-order valence-corrected chi connectivity index (χ1v) is 9.09. The van der Waals surface area contributed by atoms with Gasteiger partial charge < -0.3 is 14.9 Å². The summed E-state index contributed by atoms with van der Waals surface area (Å²) in [5, 5.41) is 9.99. The molecule has 2 aromatic rings.